The van der Waals surface area contributed by atoms with Gasteiger partial charge in [0.2, 0.25) is 0 Å². The second-order valence-corrected chi connectivity index (χ2v) is 6.41. The molecule has 0 saturated carbocycles. The summed E-state index contributed by atoms with van der Waals surface area (Å²) in [6.45, 7) is 7.70. The zero-order valence-electron chi connectivity index (χ0n) is 12.9. The summed E-state index contributed by atoms with van der Waals surface area (Å²) < 4.78 is 10.9. The number of carbonyl (C=O) groups is 1. The summed E-state index contributed by atoms with van der Waals surface area (Å²) in [6, 6.07) is 4.66. The molecule has 2 rings (SSSR count). The van der Waals surface area contributed by atoms with Gasteiger partial charge in [-0.2, -0.15) is 4.98 Å². The maximum absolute atomic E-state index is 11.5. The van der Waals surface area contributed by atoms with Gasteiger partial charge in [0.05, 0.1) is 5.56 Å². The van der Waals surface area contributed by atoms with Crippen LogP contribution in [0, 0.1) is 0 Å². The van der Waals surface area contributed by atoms with Crippen molar-refractivity contribution in [1.29, 1.82) is 0 Å². The van der Waals surface area contributed by atoms with E-state index in [1.807, 2.05) is 20.8 Å². The average Bonchev–Trinajstić information content (AvgIpc) is 2.90. The third kappa shape index (κ3) is 3.57. The fourth-order valence-electron chi connectivity index (χ4n) is 1.74. The van der Waals surface area contributed by atoms with Crippen LogP contribution in [0.15, 0.2) is 22.7 Å². The van der Waals surface area contributed by atoms with Gasteiger partial charge in [-0.05, 0) is 25.1 Å². The molecule has 1 heterocycles. The smallest absolute Gasteiger partial charge is 0.267 e. The van der Waals surface area contributed by atoms with Crippen molar-refractivity contribution in [2.45, 2.75) is 39.2 Å². The fourth-order valence-corrected chi connectivity index (χ4v) is 1.92. The largest absolute Gasteiger partial charge is 0.480 e. The number of benzene rings is 1. The van der Waals surface area contributed by atoms with Crippen molar-refractivity contribution in [3.05, 3.63) is 40.5 Å². The van der Waals surface area contributed by atoms with Gasteiger partial charge in [0.15, 0.2) is 11.9 Å². The predicted molar refractivity (Wildman–Crippen MR) is 82.0 cm³/mol. The summed E-state index contributed by atoms with van der Waals surface area (Å²) in [6.07, 6.45) is -0.525. The molecule has 22 heavy (non-hydrogen) atoms. The molecule has 1 aromatic carbocycles. The van der Waals surface area contributed by atoms with Crippen molar-refractivity contribution < 1.29 is 14.1 Å². The minimum atomic E-state index is -0.620. The molecule has 2 N–H and O–H groups in total. The Morgan fingerprint density at radius 3 is 2.64 bits per heavy atom. The Bertz CT molecular complexity index is 692. The zero-order chi connectivity index (χ0) is 16.5. The molecule has 0 aliphatic carbocycles. The average molecular weight is 324 g/mol. The van der Waals surface area contributed by atoms with Crippen molar-refractivity contribution in [3.63, 3.8) is 0 Å². The van der Waals surface area contributed by atoms with Crippen LogP contribution in [-0.4, -0.2) is 16.0 Å². The summed E-state index contributed by atoms with van der Waals surface area (Å²) in [4.78, 5) is 15.8. The Balaban J connectivity index is 2.24. The molecular weight excluding hydrogens is 306 g/mol. The standard InChI is InChI=1S/C15H18ClN3O3/c1-8(13-18-14(19-22-13)15(2,3)4)21-11-6-5-9(16)7-10(11)12(17)20/h5-8H,1-4H3,(H2,17,20). The quantitative estimate of drug-likeness (QED) is 0.932. The molecule has 1 atom stereocenters. The second kappa shape index (κ2) is 5.96. The topological polar surface area (TPSA) is 91.2 Å². The highest BCUT2D eigenvalue weighted by molar-refractivity contribution is 6.31. The lowest BCUT2D eigenvalue weighted by atomic mass is 9.96. The summed E-state index contributed by atoms with van der Waals surface area (Å²) in [7, 11) is 0. The summed E-state index contributed by atoms with van der Waals surface area (Å²) in [5, 5.41) is 4.35. The van der Waals surface area contributed by atoms with Gasteiger partial charge in [-0.25, -0.2) is 0 Å². The normalized spacial score (nSPS) is 13.0. The highest BCUT2D eigenvalue weighted by atomic mass is 35.5. The Morgan fingerprint density at radius 2 is 2.09 bits per heavy atom. The van der Waals surface area contributed by atoms with E-state index in [2.05, 4.69) is 10.1 Å². The number of hydrogen-bond donors (Lipinski definition) is 1. The van der Waals surface area contributed by atoms with Gasteiger partial charge in [-0.3, -0.25) is 4.79 Å². The van der Waals surface area contributed by atoms with Crippen molar-refractivity contribution in [2.75, 3.05) is 0 Å². The summed E-state index contributed by atoms with van der Waals surface area (Å²) in [5.41, 5.74) is 5.31. The molecule has 6 nitrogen and oxygen atoms in total. The van der Waals surface area contributed by atoms with E-state index in [0.29, 0.717) is 22.5 Å². The van der Waals surface area contributed by atoms with E-state index >= 15 is 0 Å². The van der Waals surface area contributed by atoms with Gasteiger partial charge in [-0.15, -0.1) is 0 Å². The first-order chi connectivity index (χ1) is 10.2. The highest BCUT2D eigenvalue weighted by Gasteiger charge is 2.24. The lowest BCUT2D eigenvalue weighted by molar-refractivity contribution is 0.0991. The monoisotopic (exact) mass is 323 g/mol. The van der Waals surface area contributed by atoms with Crippen LogP contribution in [0.1, 0.15) is 55.9 Å². The van der Waals surface area contributed by atoms with Gasteiger partial charge < -0.3 is 15.0 Å². The summed E-state index contributed by atoms with van der Waals surface area (Å²) in [5.74, 6) is 0.616. The number of hydrogen-bond acceptors (Lipinski definition) is 5. The maximum Gasteiger partial charge on any atom is 0.267 e. The van der Waals surface area contributed by atoms with E-state index in [4.69, 9.17) is 26.6 Å². The third-order valence-corrected chi connectivity index (χ3v) is 3.21. The van der Waals surface area contributed by atoms with E-state index in [0.717, 1.165) is 0 Å². The van der Waals surface area contributed by atoms with Gasteiger partial charge >= 0.3 is 0 Å². The van der Waals surface area contributed by atoms with Crippen LogP contribution in [0.5, 0.6) is 5.75 Å². The second-order valence-electron chi connectivity index (χ2n) is 5.97. The SMILES string of the molecule is CC(Oc1ccc(Cl)cc1C(N)=O)c1nc(C(C)(C)C)no1. The van der Waals surface area contributed by atoms with Gasteiger partial charge in [-0.1, -0.05) is 37.5 Å². The van der Waals surface area contributed by atoms with Crippen LogP contribution >= 0.6 is 11.6 Å². The minimum Gasteiger partial charge on any atom is -0.480 e. The Kier molecular flexibility index (Phi) is 4.42. The molecule has 0 fully saturated rings. The molecule has 2 aromatic rings. The van der Waals surface area contributed by atoms with Crippen LogP contribution in [0.3, 0.4) is 0 Å². The van der Waals surface area contributed by atoms with E-state index in [-0.39, 0.29) is 11.0 Å². The van der Waals surface area contributed by atoms with Crippen LogP contribution in [0.25, 0.3) is 0 Å². The van der Waals surface area contributed by atoms with E-state index in [9.17, 15) is 4.79 Å². The van der Waals surface area contributed by atoms with Crippen molar-refractivity contribution in [3.8, 4) is 5.75 Å². The molecule has 118 valence electrons. The number of amides is 1. The van der Waals surface area contributed by atoms with Crippen molar-refractivity contribution >= 4 is 17.5 Å². The number of aromatic nitrogens is 2. The Labute approximate surface area is 133 Å². The fraction of sp³-hybridized carbons (Fsp3) is 0.400. The predicted octanol–water partition coefficient (Wildman–Crippen LogP) is 3.26. The van der Waals surface area contributed by atoms with Crippen LogP contribution in [0.4, 0.5) is 0 Å². The molecular formula is C15H18ClN3O3. The lowest BCUT2D eigenvalue weighted by Crippen LogP contribution is -2.15. The molecule has 1 amide bonds. The molecule has 1 unspecified atom stereocenters. The van der Waals surface area contributed by atoms with Crippen LogP contribution in [0.2, 0.25) is 5.02 Å². The van der Waals surface area contributed by atoms with Crippen LogP contribution < -0.4 is 10.5 Å². The van der Waals surface area contributed by atoms with Gasteiger partial charge in [0, 0.05) is 10.4 Å². The molecule has 0 aliphatic rings. The minimum absolute atomic E-state index is 0.204. The van der Waals surface area contributed by atoms with Gasteiger partial charge in [0.25, 0.3) is 11.8 Å². The number of carbonyl (C=O) groups excluding carboxylic acids is 1. The number of halogens is 1. The van der Waals surface area contributed by atoms with Crippen LogP contribution in [-0.2, 0) is 5.41 Å². The van der Waals surface area contributed by atoms with Crippen molar-refractivity contribution in [1.82, 2.24) is 10.1 Å². The lowest BCUT2D eigenvalue weighted by Gasteiger charge is -2.14. The first-order valence-electron chi connectivity index (χ1n) is 6.78. The molecule has 1 aromatic heterocycles. The molecule has 0 aliphatic heterocycles. The first kappa shape index (κ1) is 16.3. The molecule has 0 radical (unpaired) electrons. The maximum atomic E-state index is 11.5. The highest BCUT2D eigenvalue weighted by Crippen LogP contribution is 2.28. The molecule has 0 bridgehead atoms. The number of rotatable bonds is 4. The number of primary amides is 1. The van der Waals surface area contributed by atoms with E-state index < -0.39 is 12.0 Å². The molecule has 7 heteroatoms. The Morgan fingerprint density at radius 1 is 1.41 bits per heavy atom. The summed E-state index contributed by atoms with van der Waals surface area (Å²) >= 11 is 5.86. The Hall–Kier alpha value is -2.08. The number of nitrogens with two attached hydrogens (primary N) is 1. The van der Waals surface area contributed by atoms with E-state index in [1.165, 1.54) is 6.07 Å². The number of nitrogens with zero attached hydrogens (tertiary/aromatic N) is 2. The molecule has 0 spiro atoms. The number of ether oxygens (including phenoxy) is 1. The van der Waals surface area contributed by atoms with Gasteiger partial charge in [0.1, 0.15) is 5.75 Å². The van der Waals surface area contributed by atoms with Crippen molar-refractivity contribution in [2.24, 2.45) is 5.73 Å². The van der Waals surface area contributed by atoms with E-state index in [1.54, 1.807) is 19.1 Å². The molecule has 0 saturated heterocycles. The zero-order valence-corrected chi connectivity index (χ0v) is 13.6. The third-order valence-electron chi connectivity index (χ3n) is 2.97. The first-order valence-corrected chi connectivity index (χ1v) is 7.16.